The third-order valence-electron chi connectivity index (χ3n) is 6.29. The summed E-state index contributed by atoms with van der Waals surface area (Å²) in [5, 5.41) is 9.56. The average molecular weight is 403 g/mol. The normalized spacial score (nSPS) is 21.0. The van der Waals surface area contributed by atoms with Crippen molar-refractivity contribution in [2.75, 3.05) is 25.1 Å². The first-order chi connectivity index (χ1) is 13.6. The average Bonchev–Trinajstić information content (AvgIpc) is 3.44. The molecule has 8 heteroatoms. The van der Waals surface area contributed by atoms with Crippen LogP contribution in [0.3, 0.4) is 0 Å². The van der Waals surface area contributed by atoms with Gasteiger partial charge in [-0.05, 0) is 25.2 Å². The van der Waals surface area contributed by atoms with Crippen LogP contribution in [0.5, 0.6) is 5.75 Å². The van der Waals surface area contributed by atoms with Gasteiger partial charge in [0.2, 0.25) is 5.43 Å². The second-order valence-electron chi connectivity index (χ2n) is 8.84. The number of carboxylic acids is 1. The Morgan fingerprint density at radius 3 is 2.52 bits per heavy atom. The molecular weight excluding hydrogens is 377 g/mol. The molecule has 0 radical (unpaired) electrons. The Kier molecular flexibility index (Phi) is 4.38. The van der Waals surface area contributed by atoms with Crippen LogP contribution >= 0.6 is 0 Å². The molecule has 156 valence electrons. The van der Waals surface area contributed by atoms with Gasteiger partial charge < -0.3 is 25.0 Å². The molecule has 1 aliphatic heterocycles. The van der Waals surface area contributed by atoms with Crippen LogP contribution in [0.4, 0.5) is 10.1 Å². The number of carbonyl (C=O) groups is 1. The zero-order chi connectivity index (χ0) is 21.2. The molecule has 7 nitrogen and oxygen atoms in total. The topological polar surface area (TPSA) is 97.8 Å². The third kappa shape index (κ3) is 2.88. The summed E-state index contributed by atoms with van der Waals surface area (Å²) in [6.07, 6.45) is 3.11. The van der Waals surface area contributed by atoms with Crippen LogP contribution in [-0.2, 0) is 0 Å². The lowest BCUT2D eigenvalue weighted by Crippen LogP contribution is -2.35. The van der Waals surface area contributed by atoms with E-state index in [1.54, 1.807) is 4.57 Å². The van der Waals surface area contributed by atoms with E-state index in [-0.39, 0.29) is 45.4 Å². The number of nitrogens with zero attached hydrogens (tertiary/aromatic N) is 2. The van der Waals surface area contributed by atoms with Gasteiger partial charge in [-0.1, -0.05) is 13.8 Å². The minimum Gasteiger partial charge on any atom is -0.492 e. The number of aromatic nitrogens is 1. The molecule has 1 atom stereocenters. The number of aryl methyl sites for hydroxylation is 1. The number of aromatic carboxylic acids is 1. The van der Waals surface area contributed by atoms with E-state index in [9.17, 15) is 14.7 Å². The molecule has 1 saturated heterocycles. The first-order valence-corrected chi connectivity index (χ1v) is 9.77. The van der Waals surface area contributed by atoms with Gasteiger partial charge in [-0.15, -0.1) is 0 Å². The quantitative estimate of drug-likeness (QED) is 0.815. The number of carboxylic acid groups (broad SMARTS) is 1. The van der Waals surface area contributed by atoms with Crippen LogP contribution in [-0.4, -0.2) is 41.9 Å². The SMILES string of the molecule is COc1c(N2C[C@@H](N)C(C)(C)C2)c(F)c(C)c2c(=O)c(C(=O)O)cn(C3CC3)c12. The summed E-state index contributed by atoms with van der Waals surface area (Å²) in [6, 6.07) is -0.0669. The summed E-state index contributed by atoms with van der Waals surface area (Å²) >= 11 is 0. The van der Waals surface area contributed by atoms with Crippen molar-refractivity contribution in [1.29, 1.82) is 0 Å². The molecule has 4 rings (SSSR count). The number of fused-ring (bicyclic) bond motifs is 1. The Bertz CT molecular complexity index is 1090. The van der Waals surface area contributed by atoms with Crippen molar-refractivity contribution in [2.45, 2.75) is 45.7 Å². The van der Waals surface area contributed by atoms with Crippen LogP contribution in [0.1, 0.15) is 48.7 Å². The van der Waals surface area contributed by atoms with Crippen molar-refractivity contribution in [3.8, 4) is 5.75 Å². The van der Waals surface area contributed by atoms with Gasteiger partial charge in [-0.3, -0.25) is 4.79 Å². The number of rotatable bonds is 4. The molecular formula is C21H26FN3O4. The molecule has 0 spiro atoms. The van der Waals surface area contributed by atoms with Gasteiger partial charge in [-0.25, -0.2) is 9.18 Å². The molecule has 2 fully saturated rings. The lowest BCUT2D eigenvalue weighted by atomic mass is 9.89. The summed E-state index contributed by atoms with van der Waals surface area (Å²) in [6.45, 7) is 6.61. The molecule has 0 amide bonds. The highest BCUT2D eigenvalue weighted by Crippen LogP contribution is 2.46. The number of nitrogens with two attached hydrogens (primary N) is 1. The van der Waals surface area contributed by atoms with E-state index in [2.05, 4.69) is 0 Å². The Balaban J connectivity index is 2.09. The summed E-state index contributed by atoms with van der Waals surface area (Å²) in [5.74, 6) is -1.63. The molecule has 0 bridgehead atoms. The summed E-state index contributed by atoms with van der Waals surface area (Å²) < 4.78 is 23.0. The Labute approximate surface area is 167 Å². The predicted molar refractivity (Wildman–Crippen MR) is 109 cm³/mol. The molecule has 2 aromatic rings. The second-order valence-corrected chi connectivity index (χ2v) is 8.84. The van der Waals surface area contributed by atoms with Gasteiger partial charge in [0.05, 0.1) is 18.0 Å². The smallest absolute Gasteiger partial charge is 0.341 e. The lowest BCUT2D eigenvalue weighted by Gasteiger charge is -2.27. The van der Waals surface area contributed by atoms with Crippen LogP contribution < -0.4 is 20.8 Å². The molecule has 1 saturated carbocycles. The summed E-state index contributed by atoms with van der Waals surface area (Å²) in [4.78, 5) is 26.5. The fourth-order valence-corrected chi connectivity index (χ4v) is 4.31. The largest absolute Gasteiger partial charge is 0.492 e. The van der Waals surface area contributed by atoms with Gasteiger partial charge in [0.25, 0.3) is 0 Å². The highest BCUT2D eigenvalue weighted by atomic mass is 19.1. The van der Waals surface area contributed by atoms with Gasteiger partial charge in [0.15, 0.2) is 11.6 Å². The van der Waals surface area contributed by atoms with Gasteiger partial charge >= 0.3 is 5.97 Å². The molecule has 1 aromatic heterocycles. The zero-order valence-corrected chi connectivity index (χ0v) is 17.1. The van der Waals surface area contributed by atoms with E-state index in [0.29, 0.717) is 18.6 Å². The number of hydrogen-bond acceptors (Lipinski definition) is 5. The maximum atomic E-state index is 15.6. The van der Waals surface area contributed by atoms with Crippen molar-refractivity contribution < 1.29 is 19.0 Å². The maximum Gasteiger partial charge on any atom is 0.341 e. The van der Waals surface area contributed by atoms with Crippen molar-refractivity contribution in [2.24, 2.45) is 11.1 Å². The number of pyridine rings is 1. The number of benzene rings is 1. The number of halogens is 1. The zero-order valence-electron chi connectivity index (χ0n) is 17.1. The molecule has 29 heavy (non-hydrogen) atoms. The summed E-state index contributed by atoms with van der Waals surface area (Å²) in [7, 11) is 1.45. The fraction of sp³-hybridized carbons (Fsp3) is 0.524. The van der Waals surface area contributed by atoms with Crippen LogP contribution in [0.25, 0.3) is 10.9 Å². The standard InChI is InChI=1S/C21H26FN3O4/c1-10-14-16(25(11-5-6-11)7-12(18(14)26)20(27)28)19(29-4)17(15(10)22)24-8-13(23)21(2,3)9-24/h7,11,13H,5-6,8-9,23H2,1-4H3,(H,27,28)/t13-/m1/s1. The maximum absolute atomic E-state index is 15.6. The Hall–Kier alpha value is -2.61. The number of hydrogen-bond donors (Lipinski definition) is 2. The van der Waals surface area contributed by atoms with Crippen molar-refractivity contribution in [1.82, 2.24) is 4.57 Å². The lowest BCUT2D eigenvalue weighted by molar-refractivity contribution is 0.0695. The van der Waals surface area contributed by atoms with E-state index in [0.717, 1.165) is 12.8 Å². The molecule has 3 N–H and O–H groups in total. The van der Waals surface area contributed by atoms with Crippen molar-refractivity contribution >= 4 is 22.6 Å². The second kappa shape index (κ2) is 6.45. The summed E-state index contributed by atoms with van der Waals surface area (Å²) in [5.41, 5.74) is 5.90. The predicted octanol–water partition coefficient (Wildman–Crippen LogP) is 2.66. The van der Waals surface area contributed by atoms with Crippen molar-refractivity contribution in [3.63, 3.8) is 0 Å². The van der Waals surface area contributed by atoms with E-state index in [1.807, 2.05) is 18.7 Å². The molecule has 1 aliphatic carbocycles. The van der Waals surface area contributed by atoms with E-state index in [4.69, 9.17) is 10.5 Å². The minimum absolute atomic E-state index is 0.0673. The number of methoxy groups -OCH3 is 1. The first-order valence-electron chi connectivity index (χ1n) is 9.77. The number of ether oxygens (including phenoxy) is 1. The van der Waals surface area contributed by atoms with Crippen LogP contribution in [0.15, 0.2) is 11.0 Å². The van der Waals surface area contributed by atoms with Crippen LogP contribution in [0, 0.1) is 18.2 Å². The first kappa shape index (κ1) is 19.7. The van der Waals surface area contributed by atoms with E-state index >= 15 is 4.39 Å². The van der Waals surface area contributed by atoms with E-state index in [1.165, 1.54) is 20.2 Å². The van der Waals surface area contributed by atoms with Gasteiger partial charge in [-0.2, -0.15) is 0 Å². The van der Waals surface area contributed by atoms with Gasteiger partial charge in [0, 0.05) is 36.9 Å². The molecule has 1 aromatic carbocycles. The third-order valence-corrected chi connectivity index (χ3v) is 6.29. The monoisotopic (exact) mass is 403 g/mol. The molecule has 2 heterocycles. The van der Waals surface area contributed by atoms with E-state index < -0.39 is 17.2 Å². The number of anilines is 1. The Morgan fingerprint density at radius 2 is 2.03 bits per heavy atom. The molecule has 0 unspecified atom stereocenters. The highest BCUT2D eigenvalue weighted by Gasteiger charge is 2.40. The van der Waals surface area contributed by atoms with Crippen molar-refractivity contribution in [3.05, 3.63) is 33.4 Å². The fourth-order valence-electron chi connectivity index (χ4n) is 4.31. The Morgan fingerprint density at radius 1 is 1.38 bits per heavy atom. The minimum atomic E-state index is -1.32. The molecule has 2 aliphatic rings. The van der Waals surface area contributed by atoms with Gasteiger partial charge in [0.1, 0.15) is 11.3 Å². The van der Waals surface area contributed by atoms with Crippen LogP contribution in [0.2, 0.25) is 0 Å². The highest BCUT2D eigenvalue weighted by molar-refractivity contribution is 5.99.